The monoisotopic (exact) mass is 288 g/mol. The summed E-state index contributed by atoms with van der Waals surface area (Å²) in [7, 11) is 0. The molecule has 9 heteroatoms. The van der Waals surface area contributed by atoms with Crippen molar-refractivity contribution in [2.45, 2.75) is 12.0 Å². The molecule has 0 fully saturated rings. The number of nitro benzene ring substituents is 1. The van der Waals surface area contributed by atoms with Gasteiger partial charge in [0.25, 0.3) is 12.1 Å². The number of aliphatic imine (C=N–C) groups is 1. The van der Waals surface area contributed by atoms with Gasteiger partial charge in [0, 0.05) is 24.2 Å². The molecule has 1 aliphatic rings. The van der Waals surface area contributed by atoms with Crippen molar-refractivity contribution in [3.8, 4) is 0 Å². The van der Waals surface area contributed by atoms with Crippen LogP contribution in [0.15, 0.2) is 23.2 Å². The molecule has 1 atom stereocenters. The second-order valence-electron chi connectivity index (χ2n) is 4.35. The number of nitro groups is 1. The Hall–Kier alpha value is -2.16. The lowest BCUT2D eigenvalue weighted by atomic mass is 9.88. The van der Waals surface area contributed by atoms with Crippen LogP contribution >= 0.6 is 0 Å². The molecule has 0 radical (unpaired) electrons. The number of nitrogens with two attached hydrogens (primary N) is 1. The van der Waals surface area contributed by atoms with Gasteiger partial charge in [0.2, 0.25) is 0 Å². The van der Waals surface area contributed by atoms with Crippen LogP contribution < -0.4 is 11.1 Å². The molecule has 1 heterocycles. The standard InChI is InChI=1S/C11H11F3N4O2/c12-8-2-1-6(18(19)20)3-7(8)11(10(13)14)5-16-4-9(15)17-11/h1-3,10,16H,4-5H2,(H2,15,17). The molecule has 1 aromatic rings. The van der Waals surface area contributed by atoms with E-state index in [0.29, 0.717) is 0 Å². The topological polar surface area (TPSA) is 93.5 Å². The highest BCUT2D eigenvalue weighted by molar-refractivity contribution is 5.83. The fraction of sp³-hybridized carbons (Fsp3) is 0.364. The van der Waals surface area contributed by atoms with Crippen LogP contribution in [-0.2, 0) is 5.54 Å². The molecule has 0 aliphatic carbocycles. The minimum atomic E-state index is -3.06. The fourth-order valence-electron chi connectivity index (χ4n) is 2.07. The lowest BCUT2D eigenvalue weighted by Gasteiger charge is -2.33. The van der Waals surface area contributed by atoms with Gasteiger partial charge in [-0.3, -0.25) is 15.1 Å². The molecular formula is C11H11F3N4O2. The van der Waals surface area contributed by atoms with Gasteiger partial charge in [-0.15, -0.1) is 0 Å². The van der Waals surface area contributed by atoms with Gasteiger partial charge in [0.05, 0.1) is 11.5 Å². The first-order chi connectivity index (χ1) is 9.36. The molecular weight excluding hydrogens is 277 g/mol. The van der Waals surface area contributed by atoms with E-state index in [0.717, 1.165) is 18.2 Å². The molecule has 108 valence electrons. The second-order valence-corrected chi connectivity index (χ2v) is 4.35. The molecule has 0 saturated carbocycles. The van der Waals surface area contributed by atoms with Crippen molar-refractivity contribution in [1.82, 2.24) is 5.32 Å². The van der Waals surface area contributed by atoms with Crippen LogP contribution in [0.25, 0.3) is 0 Å². The Morgan fingerprint density at radius 1 is 1.50 bits per heavy atom. The summed E-state index contributed by atoms with van der Waals surface area (Å²) in [4.78, 5) is 13.6. The highest BCUT2D eigenvalue weighted by atomic mass is 19.3. The molecule has 0 amide bonds. The predicted molar refractivity (Wildman–Crippen MR) is 65.2 cm³/mol. The molecule has 3 N–H and O–H groups in total. The van der Waals surface area contributed by atoms with E-state index >= 15 is 0 Å². The van der Waals surface area contributed by atoms with Crippen molar-refractivity contribution in [3.63, 3.8) is 0 Å². The van der Waals surface area contributed by atoms with E-state index in [2.05, 4.69) is 10.3 Å². The molecule has 0 aromatic heterocycles. The van der Waals surface area contributed by atoms with Crippen LogP contribution in [0.5, 0.6) is 0 Å². The molecule has 6 nitrogen and oxygen atoms in total. The van der Waals surface area contributed by atoms with Crippen molar-refractivity contribution >= 4 is 11.5 Å². The number of rotatable bonds is 3. The van der Waals surface area contributed by atoms with Gasteiger partial charge in [0.1, 0.15) is 11.7 Å². The Labute approximate surface area is 111 Å². The molecule has 0 saturated heterocycles. The fourth-order valence-corrected chi connectivity index (χ4v) is 2.07. The molecule has 0 bridgehead atoms. The van der Waals surface area contributed by atoms with Gasteiger partial charge < -0.3 is 11.1 Å². The highest BCUT2D eigenvalue weighted by Gasteiger charge is 2.46. The number of nitrogens with zero attached hydrogens (tertiary/aromatic N) is 2. The Kier molecular flexibility index (Phi) is 3.62. The van der Waals surface area contributed by atoms with Gasteiger partial charge in [-0.05, 0) is 6.07 Å². The Bertz CT molecular complexity index is 579. The van der Waals surface area contributed by atoms with E-state index in [-0.39, 0.29) is 18.9 Å². The lowest BCUT2D eigenvalue weighted by molar-refractivity contribution is -0.385. The third-order valence-electron chi connectivity index (χ3n) is 3.03. The summed E-state index contributed by atoms with van der Waals surface area (Å²) in [6.45, 7) is -0.255. The SMILES string of the molecule is NC1=NC(c2cc([N+](=O)[O-])ccc2F)(C(F)F)CNC1. The quantitative estimate of drug-likeness (QED) is 0.644. The Morgan fingerprint density at radius 3 is 2.75 bits per heavy atom. The van der Waals surface area contributed by atoms with Crippen molar-refractivity contribution in [1.29, 1.82) is 0 Å². The van der Waals surface area contributed by atoms with Gasteiger partial charge in [-0.25, -0.2) is 13.2 Å². The predicted octanol–water partition coefficient (Wildman–Crippen LogP) is 1.15. The maximum Gasteiger partial charge on any atom is 0.270 e. The van der Waals surface area contributed by atoms with Crippen LogP contribution in [0.1, 0.15) is 5.56 Å². The van der Waals surface area contributed by atoms with Crippen molar-refractivity contribution in [2.75, 3.05) is 13.1 Å². The maximum absolute atomic E-state index is 13.9. The maximum atomic E-state index is 13.9. The van der Waals surface area contributed by atoms with E-state index < -0.39 is 34.0 Å². The van der Waals surface area contributed by atoms with Gasteiger partial charge in [-0.1, -0.05) is 0 Å². The minimum absolute atomic E-state index is 0.102. The average Bonchev–Trinajstić information content (AvgIpc) is 2.38. The lowest BCUT2D eigenvalue weighted by Crippen LogP contribution is -2.51. The van der Waals surface area contributed by atoms with Crippen molar-refractivity contribution in [2.24, 2.45) is 10.7 Å². The van der Waals surface area contributed by atoms with E-state index in [1.807, 2.05) is 0 Å². The number of benzene rings is 1. The summed E-state index contributed by atoms with van der Waals surface area (Å²) in [5.74, 6) is -1.10. The first-order valence-corrected chi connectivity index (χ1v) is 5.64. The second kappa shape index (κ2) is 5.08. The third kappa shape index (κ3) is 2.31. The zero-order chi connectivity index (χ0) is 14.9. The first kappa shape index (κ1) is 14.3. The average molecular weight is 288 g/mol. The first-order valence-electron chi connectivity index (χ1n) is 5.64. The van der Waals surface area contributed by atoms with Crippen LogP contribution in [0.2, 0.25) is 0 Å². The Morgan fingerprint density at radius 2 is 2.20 bits per heavy atom. The summed E-state index contributed by atoms with van der Waals surface area (Å²) in [6.07, 6.45) is -3.06. The molecule has 1 aliphatic heterocycles. The van der Waals surface area contributed by atoms with E-state index in [1.54, 1.807) is 0 Å². The number of halogens is 3. The largest absolute Gasteiger partial charge is 0.386 e. The number of alkyl halides is 2. The van der Waals surface area contributed by atoms with Gasteiger partial charge in [-0.2, -0.15) is 0 Å². The van der Waals surface area contributed by atoms with Crippen LogP contribution in [0.4, 0.5) is 18.9 Å². The molecule has 1 aromatic carbocycles. The molecule has 1 unspecified atom stereocenters. The zero-order valence-electron chi connectivity index (χ0n) is 10.1. The number of amidine groups is 1. The smallest absolute Gasteiger partial charge is 0.270 e. The van der Waals surface area contributed by atoms with Crippen LogP contribution in [0.3, 0.4) is 0 Å². The van der Waals surface area contributed by atoms with E-state index in [4.69, 9.17) is 5.73 Å². The molecule has 20 heavy (non-hydrogen) atoms. The summed E-state index contributed by atoms with van der Waals surface area (Å²) in [6, 6.07) is 2.45. The summed E-state index contributed by atoms with van der Waals surface area (Å²) in [5.41, 5.74) is 2.15. The van der Waals surface area contributed by atoms with Crippen molar-refractivity contribution in [3.05, 3.63) is 39.7 Å². The van der Waals surface area contributed by atoms with Gasteiger partial charge in [0.15, 0.2) is 5.54 Å². The summed E-state index contributed by atoms with van der Waals surface area (Å²) in [5, 5.41) is 13.3. The van der Waals surface area contributed by atoms with Crippen LogP contribution in [0, 0.1) is 15.9 Å². The van der Waals surface area contributed by atoms with E-state index in [9.17, 15) is 23.3 Å². The van der Waals surface area contributed by atoms with E-state index in [1.165, 1.54) is 0 Å². The summed E-state index contributed by atoms with van der Waals surface area (Å²) < 4.78 is 40.7. The zero-order valence-corrected chi connectivity index (χ0v) is 10.1. The normalized spacial score (nSPS) is 22.7. The highest BCUT2D eigenvalue weighted by Crippen LogP contribution is 2.37. The minimum Gasteiger partial charge on any atom is -0.386 e. The molecule has 2 rings (SSSR count). The van der Waals surface area contributed by atoms with Crippen LogP contribution in [-0.4, -0.2) is 30.3 Å². The summed E-state index contributed by atoms with van der Waals surface area (Å²) >= 11 is 0. The van der Waals surface area contributed by atoms with Crippen molar-refractivity contribution < 1.29 is 18.1 Å². The number of non-ortho nitro benzene ring substituents is 1. The number of hydrogen-bond donors (Lipinski definition) is 2. The Balaban J connectivity index is 2.64. The third-order valence-corrected chi connectivity index (χ3v) is 3.03. The molecule has 0 spiro atoms. The number of nitrogens with one attached hydrogen (secondary N) is 1. The van der Waals surface area contributed by atoms with Gasteiger partial charge >= 0.3 is 0 Å². The number of hydrogen-bond acceptors (Lipinski definition) is 5.